The third-order valence-corrected chi connectivity index (χ3v) is 7.44. The summed E-state index contributed by atoms with van der Waals surface area (Å²) in [6.07, 6.45) is 2.84. The zero-order chi connectivity index (χ0) is 25.1. The number of hydrogen-bond acceptors (Lipinski definition) is 5. The van der Waals surface area contributed by atoms with Gasteiger partial charge in [0.1, 0.15) is 5.75 Å². The summed E-state index contributed by atoms with van der Waals surface area (Å²) in [5.41, 5.74) is 10.1. The highest BCUT2D eigenvalue weighted by atomic mass is 32.1. The van der Waals surface area contributed by atoms with Crippen LogP contribution in [0, 0.1) is 13.8 Å². The van der Waals surface area contributed by atoms with Crippen molar-refractivity contribution in [2.45, 2.75) is 46.6 Å². The highest BCUT2D eigenvalue weighted by Gasteiger charge is 2.13. The Labute approximate surface area is 216 Å². The van der Waals surface area contributed by atoms with Gasteiger partial charge in [-0.2, -0.15) is 5.10 Å². The van der Waals surface area contributed by atoms with Crippen molar-refractivity contribution in [3.63, 3.8) is 0 Å². The Bertz CT molecular complexity index is 1500. The van der Waals surface area contributed by atoms with E-state index in [1.54, 1.807) is 11.3 Å². The lowest BCUT2D eigenvalue weighted by Crippen LogP contribution is -2.07. The standard InChI is InChI=1S/C30H32N4OS/c1-20(2)23-15-14-21(3)18-28(23)35-17-9-16-34-22(4)25(24-10-5-7-12-27(24)34)19-31-33-30-32-26-11-6-8-13-29(26)36-30/h5-8,10-15,18-20H,9,16-17H2,1-4H3,(H,32,33)/b31-19+. The first-order valence-corrected chi connectivity index (χ1v) is 13.3. The van der Waals surface area contributed by atoms with Crippen LogP contribution in [0.15, 0.2) is 71.8 Å². The van der Waals surface area contributed by atoms with Gasteiger partial charge in [-0.1, -0.05) is 67.6 Å². The molecule has 0 unspecified atom stereocenters. The number of aryl methyl sites for hydroxylation is 2. The SMILES string of the molecule is Cc1ccc(C(C)C)c(OCCCn2c(C)c(/C=N/Nc3nc4ccccc4s3)c3ccccc32)c1. The van der Waals surface area contributed by atoms with E-state index in [2.05, 4.69) is 96.3 Å². The molecule has 0 saturated carbocycles. The maximum absolute atomic E-state index is 6.24. The molecule has 36 heavy (non-hydrogen) atoms. The summed E-state index contributed by atoms with van der Waals surface area (Å²) in [7, 11) is 0. The number of hydrazone groups is 1. The molecule has 0 aliphatic carbocycles. The molecule has 5 rings (SSSR count). The van der Waals surface area contributed by atoms with Crippen LogP contribution in [0.1, 0.15) is 48.6 Å². The average molecular weight is 497 g/mol. The number of para-hydroxylation sites is 2. The Morgan fingerprint density at radius 3 is 2.69 bits per heavy atom. The molecule has 2 heterocycles. The van der Waals surface area contributed by atoms with Gasteiger partial charge in [-0.3, -0.25) is 5.43 Å². The number of hydrogen-bond donors (Lipinski definition) is 1. The van der Waals surface area contributed by atoms with Gasteiger partial charge in [-0.05, 0) is 61.6 Å². The third kappa shape index (κ3) is 5.00. The topological polar surface area (TPSA) is 51.4 Å². The summed E-state index contributed by atoms with van der Waals surface area (Å²) < 4.78 is 9.76. The molecule has 0 aliphatic rings. The lowest BCUT2D eigenvalue weighted by molar-refractivity contribution is 0.298. The summed E-state index contributed by atoms with van der Waals surface area (Å²) in [4.78, 5) is 4.61. The molecular formula is C30H32N4OS. The number of benzene rings is 3. The van der Waals surface area contributed by atoms with E-state index >= 15 is 0 Å². The van der Waals surface area contributed by atoms with E-state index in [9.17, 15) is 0 Å². The molecule has 6 heteroatoms. The Morgan fingerprint density at radius 1 is 1.06 bits per heavy atom. The number of aromatic nitrogens is 2. The zero-order valence-electron chi connectivity index (χ0n) is 21.3. The maximum Gasteiger partial charge on any atom is 0.204 e. The summed E-state index contributed by atoms with van der Waals surface area (Å²) in [6, 6.07) is 23.1. The van der Waals surface area contributed by atoms with E-state index in [-0.39, 0.29) is 0 Å². The molecule has 1 N–H and O–H groups in total. The summed E-state index contributed by atoms with van der Waals surface area (Å²) >= 11 is 1.61. The monoisotopic (exact) mass is 496 g/mol. The van der Waals surface area contributed by atoms with Crippen molar-refractivity contribution >= 4 is 43.8 Å². The molecule has 0 fully saturated rings. The minimum atomic E-state index is 0.439. The smallest absolute Gasteiger partial charge is 0.204 e. The quantitative estimate of drug-likeness (QED) is 0.128. The summed E-state index contributed by atoms with van der Waals surface area (Å²) in [5, 5.41) is 6.53. The lowest BCUT2D eigenvalue weighted by Gasteiger charge is -2.15. The van der Waals surface area contributed by atoms with Crippen molar-refractivity contribution in [1.82, 2.24) is 9.55 Å². The van der Waals surface area contributed by atoms with E-state index in [4.69, 9.17) is 4.74 Å². The van der Waals surface area contributed by atoms with Gasteiger partial charge in [0.15, 0.2) is 0 Å². The van der Waals surface area contributed by atoms with Gasteiger partial charge in [0.25, 0.3) is 0 Å². The van der Waals surface area contributed by atoms with Crippen molar-refractivity contribution in [2.75, 3.05) is 12.0 Å². The van der Waals surface area contributed by atoms with Crippen molar-refractivity contribution < 1.29 is 4.74 Å². The van der Waals surface area contributed by atoms with Crippen LogP contribution in [0.25, 0.3) is 21.1 Å². The zero-order valence-corrected chi connectivity index (χ0v) is 22.1. The fourth-order valence-electron chi connectivity index (χ4n) is 4.63. The number of anilines is 1. The van der Waals surface area contributed by atoms with Crippen molar-refractivity contribution in [3.8, 4) is 5.75 Å². The summed E-state index contributed by atoms with van der Waals surface area (Å²) in [6.45, 7) is 10.3. The third-order valence-electron chi connectivity index (χ3n) is 6.50. The van der Waals surface area contributed by atoms with E-state index in [0.29, 0.717) is 12.5 Å². The number of thiazole rings is 1. The maximum atomic E-state index is 6.24. The molecule has 5 aromatic rings. The molecule has 2 aromatic heterocycles. The van der Waals surface area contributed by atoms with E-state index in [0.717, 1.165) is 39.6 Å². The Kier molecular flexibility index (Phi) is 7.05. The molecule has 0 aliphatic heterocycles. The van der Waals surface area contributed by atoms with Crippen LogP contribution in [0.3, 0.4) is 0 Å². The first-order valence-electron chi connectivity index (χ1n) is 12.5. The largest absolute Gasteiger partial charge is 0.493 e. The Hall–Kier alpha value is -3.64. The van der Waals surface area contributed by atoms with Gasteiger partial charge in [0.2, 0.25) is 5.13 Å². The Balaban J connectivity index is 1.30. The van der Waals surface area contributed by atoms with Crippen LogP contribution in [0.5, 0.6) is 5.75 Å². The van der Waals surface area contributed by atoms with Crippen LogP contribution >= 0.6 is 11.3 Å². The second-order valence-corrected chi connectivity index (χ2v) is 10.5. The normalized spacial score (nSPS) is 11.8. The van der Waals surface area contributed by atoms with Gasteiger partial charge in [-0.15, -0.1) is 0 Å². The molecule has 184 valence electrons. The average Bonchev–Trinajstić information content (AvgIpc) is 3.40. The van der Waals surface area contributed by atoms with Crippen LogP contribution in [0.2, 0.25) is 0 Å². The van der Waals surface area contributed by atoms with Crippen LogP contribution < -0.4 is 10.2 Å². The second kappa shape index (κ2) is 10.5. The Morgan fingerprint density at radius 2 is 1.86 bits per heavy atom. The van der Waals surface area contributed by atoms with Crippen molar-refractivity contribution in [2.24, 2.45) is 5.10 Å². The minimum Gasteiger partial charge on any atom is -0.493 e. The number of ether oxygens (including phenoxy) is 1. The first kappa shape index (κ1) is 24.1. The molecule has 0 saturated heterocycles. The molecular weight excluding hydrogens is 464 g/mol. The van der Waals surface area contributed by atoms with Gasteiger partial charge in [-0.25, -0.2) is 4.98 Å². The van der Waals surface area contributed by atoms with Gasteiger partial charge >= 0.3 is 0 Å². The van der Waals surface area contributed by atoms with Crippen molar-refractivity contribution in [3.05, 3.63) is 89.1 Å². The fraction of sp³-hybridized carbons (Fsp3) is 0.267. The van der Waals surface area contributed by atoms with Gasteiger partial charge in [0.05, 0.1) is 23.0 Å². The van der Waals surface area contributed by atoms with E-state index in [1.807, 2.05) is 24.4 Å². The lowest BCUT2D eigenvalue weighted by atomic mass is 10.0. The number of rotatable bonds is 9. The van der Waals surface area contributed by atoms with Gasteiger partial charge < -0.3 is 9.30 Å². The fourth-order valence-corrected chi connectivity index (χ4v) is 5.44. The second-order valence-electron chi connectivity index (χ2n) is 9.42. The predicted molar refractivity (Wildman–Crippen MR) is 153 cm³/mol. The molecule has 0 radical (unpaired) electrons. The highest BCUT2D eigenvalue weighted by molar-refractivity contribution is 7.22. The van der Waals surface area contributed by atoms with E-state index < -0.39 is 0 Å². The van der Waals surface area contributed by atoms with E-state index in [1.165, 1.54) is 27.7 Å². The molecule has 0 spiro atoms. The van der Waals surface area contributed by atoms with Crippen LogP contribution in [0.4, 0.5) is 5.13 Å². The minimum absolute atomic E-state index is 0.439. The number of fused-ring (bicyclic) bond motifs is 2. The van der Waals surface area contributed by atoms with Crippen molar-refractivity contribution in [1.29, 1.82) is 0 Å². The molecule has 3 aromatic carbocycles. The predicted octanol–water partition coefficient (Wildman–Crippen LogP) is 7.91. The molecule has 0 bridgehead atoms. The molecule has 0 atom stereocenters. The van der Waals surface area contributed by atoms with Crippen LogP contribution in [-0.4, -0.2) is 22.4 Å². The molecule has 0 amide bonds. The van der Waals surface area contributed by atoms with Gasteiger partial charge in [0, 0.05) is 28.7 Å². The number of nitrogens with zero attached hydrogens (tertiary/aromatic N) is 3. The highest BCUT2D eigenvalue weighted by Crippen LogP contribution is 2.29. The first-order chi connectivity index (χ1) is 17.5. The number of nitrogens with one attached hydrogen (secondary N) is 1. The molecule has 5 nitrogen and oxygen atoms in total. The summed E-state index contributed by atoms with van der Waals surface area (Å²) in [5.74, 6) is 1.45. The van der Waals surface area contributed by atoms with Crippen LogP contribution in [-0.2, 0) is 6.54 Å².